The zero-order valence-corrected chi connectivity index (χ0v) is 22.4. The topological polar surface area (TPSA) is 87.1 Å². The molecule has 6 rings (SSSR count). The first-order valence-electron chi connectivity index (χ1n) is 14.7. The Balaban J connectivity index is 1.30. The highest BCUT2D eigenvalue weighted by Crippen LogP contribution is 2.67. The molecule has 0 aromatic heterocycles. The number of hydrogen-bond donors (Lipinski definition) is 2. The first-order valence-corrected chi connectivity index (χ1v) is 14.7. The summed E-state index contributed by atoms with van der Waals surface area (Å²) in [6.45, 7) is 8.10. The molecule has 1 heterocycles. The van der Waals surface area contributed by atoms with Gasteiger partial charge >= 0.3 is 0 Å². The minimum Gasteiger partial charge on any atom is -0.393 e. The Morgan fingerprint density at radius 2 is 1.89 bits per heavy atom. The van der Waals surface area contributed by atoms with E-state index >= 15 is 0 Å². The summed E-state index contributed by atoms with van der Waals surface area (Å²) < 4.78 is 5.94. The number of ketones is 1. The van der Waals surface area contributed by atoms with Gasteiger partial charge in [0, 0.05) is 36.4 Å². The number of ether oxygens (including phenoxy) is 1. The van der Waals surface area contributed by atoms with Crippen molar-refractivity contribution in [3.8, 4) is 0 Å². The van der Waals surface area contributed by atoms with Crippen LogP contribution in [0.4, 0.5) is 0 Å². The highest BCUT2D eigenvalue weighted by molar-refractivity contribution is 5.95. The number of rotatable bonds is 5. The second kappa shape index (κ2) is 8.64. The average molecular weight is 500 g/mol. The summed E-state index contributed by atoms with van der Waals surface area (Å²) in [6, 6.07) is 0.0333. The molecule has 4 saturated carbocycles. The van der Waals surface area contributed by atoms with Crippen LogP contribution in [0.1, 0.15) is 91.4 Å². The second-order valence-corrected chi connectivity index (χ2v) is 13.6. The maximum atomic E-state index is 13.5. The lowest BCUT2D eigenvalue weighted by atomic mass is 9.46. The van der Waals surface area contributed by atoms with Crippen LogP contribution in [0, 0.1) is 34.5 Å². The van der Waals surface area contributed by atoms with Crippen molar-refractivity contribution >= 4 is 11.7 Å². The summed E-state index contributed by atoms with van der Waals surface area (Å²) in [6.07, 6.45) is 11.1. The number of nitrogens with zero attached hydrogens (tertiary/aromatic N) is 1. The van der Waals surface area contributed by atoms with Gasteiger partial charge in [-0.3, -0.25) is 9.59 Å². The molecule has 6 nitrogen and oxygen atoms in total. The highest BCUT2D eigenvalue weighted by atomic mass is 16.5. The van der Waals surface area contributed by atoms with Crippen molar-refractivity contribution in [2.45, 2.75) is 115 Å². The van der Waals surface area contributed by atoms with Crippen molar-refractivity contribution in [2.75, 3.05) is 13.2 Å². The number of aliphatic hydroxyl groups excluding tert-OH is 1. The van der Waals surface area contributed by atoms with Crippen LogP contribution in [-0.2, 0) is 14.3 Å². The molecule has 6 heteroatoms. The Morgan fingerprint density at radius 1 is 1.11 bits per heavy atom. The number of fused-ring (bicyclic) bond motifs is 5. The first-order chi connectivity index (χ1) is 17.1. The largest absolute Gasteiger partial charge is 0.393 e. The van der Waals surface area contributed by atoms with Gasteiger partial charge in [-0.2, -0.15) is 0 Å². The fourth-order valence-electron chi connectivity index (χ4n) is 9.38. The van der Waals surface area contributed by atoms with Crippen LogP contribution in [0.3, 0.4) is 0 Å². The summed E-state index contributed by atoms with van der Waals surface area (Å²) in [5, 5.41) is 22.8. The number of hydrogen-bond acceptors (Lipinski definition) is 5. The van der Waals surface area contributed by atoms with E-state index in [1.165, 1.54) is 0 Å². The smallest absolute Gasteiger partial charge is 0.226 e. The second-order valence-electron chi connectivity index (χ2n) is 13.6. The molecule has 5 fully saturated rings. The van der Waals surface area contributed by atoms with E-state index in [2.05, 4.69) is 25.7 Å². The fraction of sp³-hybridized carbons (Fsp3) is 0.867. The third-order valence-corrected chi connectivity index (χ3v) is 11.9. The predicted molar refractivity (Wildman–Crippen MR) is 136 cm³/mol. The van der Waals surface area contributed by atoms with Gasteiger partial charge in [0.1, 0.15) is 0 Å². The molecule has 2 N–H and O–H groups in total. The Kier molecular flexibility index (Phi) is 6.01. The lowest BCUT2D eigenvalue weighted by Gasteiger charge is -2.60. The van der Waals surface area contributed by atoms with Gasteiger partial charge in [0.15, 0.2) is 5.78 Å². The normalized spacial score (nSPS) is 47.0. The molecule has 0 spiro atoms. The van der Waals surface area contributed by atoms with Crippen LogP contribution < -0.4 is 0 Å². The summed E-state index contributed by atoms with van der Waals surface area (Å²) in [7, 11) is 0. The number of amides is 1. The summed E-state index contributed by atoms with van der Waals surface area (Å²) in [4.78, 5) is 29.0. The molecule has 0 bridgehead atoms. The van der Waals surface area contributed by atoms with Gasteiger partial charge in [-0.25, -0.2) is 0 Å². The third kappa shape index (κ3) is 3.60. The van der Waals surface area contributed by atoms with Crippen LogP contribution in [0.2, 0.25) is 0 Å². The lowest BCUT2D eigenvalue weighted by molar-refractivity contribution is -0.146. The number of aliphatic hydroxyl groups is 2. The highest BCUT2D eigenvalue weighted by Gasteiger charge is 2.67. The van der Waals surface area contributed by atoms with E-state index in [1.54, 1.807) is 6.08 Å². The number of carbonyl (C=O) groups is 2. The van der Waals surface area contributed by atoms with Crippen LogP contribution in [0.25, 0.3) is 0 Å². The molecule has 9 atom stereocenters. The molecule has 0 aromatic rings. The van der Waals surface area contributed by atoms with Crippen molar-refractivity contribution in [3.63, 3.8) is 0 Å². The molecule has 1 saturated heterocycles. The lowest BCUT2D eigenvalue weighted by Crippen LogP contribution is -2.60. The summed E-state index contributed by atoms with van der Waals surface area (Å²) in [5.74, 6) is 0.764. The van der Waals surface area contributed by atoms with E-state index in [4.69, 9.17) is 4.74 Å². The van der Waals surface area contributed by atoms with Gasteiger partial charge in [-0.1, -0.05) is 13.8 Å². The quantitative estimate of drug-likeness (QED) is 0.597. The van der Waals surface area contributed by atoms with Crippen LogP contribution in [-0.4, -0.2) is 63.8 Å². The third-order valence-electron chi connectivity index (χ3n) is 11.9. The fourth-order valence-corrected chi connectivity index (χ4v) is 9.38. The van der Waals surface area contributed by atoms with Gasteiger partial charge in [0.25, 0.3) is 0 Å². The van der Waals surface area contributed by atoms with Crippen LogP contribution >= 0.6 is 0 Å². The van der Waals surface area contributed by atoms with E-state index in [-0.39, 0.29) is 58.3 Å². The van der Waals surface area contributed by atoms with E-state index in [0.29, 0.717) is 19.4 Å². The van der Waals surface area contributed by atoms with Crippen molar-refractivity contribution in [3.05, 3.63) is 11.6 Å². The minimum absolute atomic E-state index is 0.0333. The van der Waals surface area contributed by atoms with E-state index in [0.717, 1.165) is 70.0 Å². The molecule has 200 valence electrons. The molecular formula is C30H45NO5. The van der Waals surface area contributed by atoms with E-state index < -0.39 is 11.7 Å². The summed E-state index contributed by atoms with van der Waals surface area (Å²) in [5.41, 5.74) is -0.600. The standard InChI is InChI=1S/C30H45NO5/c1-18(31(27(34)19-6-7-19)17-21-5-4-14-36-21)22-10-13-30(35)24-16-26(33)25-15-20(32)8-11-28(25,2)23(24)9-12-29(22,30)3/h16,18-23,25,32,35H,4-15,17H2,1-3H3/t18?,20?,21?,22?,23?,25?,28?,29-,30-/m1/s1. The Labute approximate surface area is 215 Å². The first kappa shape index (κ1) is 25.1. The molecule has 1 amide bonds. The van der Waals surface area contributed by atoms with Crippen molar-refractivity contribution < 1.29 is 24.5 Å². The maximum Gasteiger partial charge on any atom is 0.226 e. The molecular weight excluding hydrogens is 454 g/mol. The van der Waals surface area contributed by atoms with Gasteiger partial charge in [0.2, 0.25) is 5.91 Å². The van der Waals surface area contributed by atoms with Gasteiger partial charge in [0.05, 0.1) is 17.8 Å². The molecule has 0 aromatic carbocycles. The Bertz CT molecular complexity index is 953. The zero-order chi connectivity index (χ0) is 25.5. The van der Waals surface area contributed by atoms with E-state index in [1.807, 2.05) is 0 Å². The Hall–Kier alpha value is -1.24. The molecule has 5 aliphatic carbocycles. The summed E-state index contributed by atoms with van der Waals surface area (Å²) >= 11 is 0. The SMILES string of the molecule is CC(C1CC[C@@]2(O)C3=CC(=O)C4CC(O)CCC4(C)C3CC[C@]12C)N(CC1CCCO1)C(=O)C1CC1. The van der Waals surface area contributed by atoms with E-state index in [9.17, 15) is 19.8 Å². The van der Waals surface area contributed by atoms with Crippen LogP contribution in [0.5, 0.6) is 0 Å². The monoisotopic (exact) mass is 499 g/mol. The number of allylic oxidation sites excluding steroid dienone is 1. The van der Waals surface area contributed by atoms with Gasteiger partial charge in [-0.05, 0) is 106 Å². The maximum absolute atomic E-state index is 13.5. The zero-order valence-electron chi connectivity index (χ0n) is 22.4. The molecule has 36 heavy (non-hydrogen) atoms. The van der Waals surface area contributed by atoms with Gasteiger partial charge < -0.3 is 19.8 Å². The van der Waals surface area contributed by atoms with Crippen molar-refractivity contribution in [1.29, 1.82) is 0 Å². The van der Waals surface area contributed by atoms with Crippen molar-refractivity contribution in [2.24, 2.45) is 34.5 Å². The molecule has 1 aliphatic heterocycles. The molecule has 0 radical (unpaired) electrons. The number of carbonyl (C=O) groups excluding carboxylic acids is 2. The van der Waals surface area contributed by atoms with Crippen LogP contribution in [0.15, 0.2) is 11.6 Å². The Morgan fingerprint density at radius 3 is 2.58 bits per heavy atom. The average Bonchev–Trinajstić information content (AvgIpc) is 3.49. The van der Waals surface area contributed by atoms with Gasteiger partial charge in [-0.15, -0.1) is 0 Å². The molecule has 6 aliphatic rings. The minimum atomic E-state index is -1.01. The van der Waals surface area contributed by atoms with Crippen molar-refractivity contribution in [1.82, 2.24) is 4.90 Å². The predicted octanol–water partition coefficient (Wildman–Crippen LogP) is 4.03. The molecule has 7 unspecified atom stereocenters.